The molecule has 3 rings (SSSR count). The minimum absolute atomic E-state index is 0.251. The summed E-state index contributed by atoms with van der Waals surface area (Å²) in [4.78, 5) is 20.5. The summed E-state index contributed by atoms with van der Waals surface area (Å²) in [6.07, 6.45) is 3.30. The number of nitrogens with zero attached hydrogens (tertiary/aromatic N) is 4. The van der Waals surface area contributed by atoms with Crippen LogP contribution in [0.3, 0.4) is 0 Å². The van der Waals surface area contributed by atoms with Crippen LogP contribution in [0.15, 0.2) is 24.5 Å². The minimum Gasteiger partial charge on any atom is -0.462 e. The van der Waals surface area contributed by atoms with Gasteiger partial charge < -0.3 is 10.5 Å². The summed E-state index contributed by atoms with van der Waals surface area (Å²) in [6.45, 7) is 5.85. The molecule has 3 aromatic rings. The predicted octanol–water partition coefficient (Wildman–Crippen LogP) is 2.17. The number of carbonyl (C=O) groups excluding carboxylic acids is 1. The van der Waals surface area contributed by atoms with Gasteiger partial charge in [-0.2, -0.15) is 5.10 Å². The molecule has 0 atom stereocenters. The third-order valence-electron chi connectivity index (χ3n) is 3.59. The van der Waals surface area contributed by atoms with Crippen molar-refractivity contribution in [1.82, 2.24) is 19.6 Å². The first-order chi connectivity index (χ1) is 11.0. The molecule has 0 bridgehead atoms. The molecule has 0 radical (unpaired) electrons. The third-order valence-corrected chi connectivity index (χ3v) is 3.59. The van der Waals surface area contributed by atoms with E-state index in [2.05, 4.69) is 15.1 Å². The van der Waals surface area contributed by atoms with E-state index in [4.69, 9.17) is 10.5 Å². The van der Waals surface area contributed by atoms with Gasteiger partial charge in [0.15, 0.2) is 0 Å². The van der Waals surface area contributed by atoms with Gasteiger partial charge in [-0.05, 0) is 38.5 Å². The molecule has 0 unspecified atom stereocenters. The van der Waals surface area contributed by atoms with Crippen LogP contribution in [0.25, 0.3) is 16.6 Å². The molecular formula is C16H17N5O2. The van der Waals surface area contributed by atoms with Crippen molar-refractivity contribution >= 4 is 17.4 Å². The number of esters is 1. The number of aromatic nitrogens is 4. The SMILES string of the molecule is CCOC(=O)c1cnn2ccc(-c3c(C)nc(N)nc3C)cc12. The molecule has 0 saturated carbocycles. The zero-order valence-corrected chi connectivity index (χ0v) is 13.2. The fraction of sp³-hybridized carbons (Fsp3) is 0.250. The molecule has 0 aliphatic rings. The fourth-order valence-corrected chi connectivity index (χ4v) is 2.66. The number of nitrogens with two attached hydrogens (primary N) is 1. The van der Waals surface area contributed by atoms with Crippen LogP contribution in [0, 0.1) is 13.8 Å². The molecule has 3 heterocycles. The summed E-state index contributed by atoms with van der Waals surface area (Å²) < 4.78 is 6.71. The molecule has 7 heteroatoms. The number of carbonyl (C=O) groups is 1. The highest BCUT2D eigenvalue weighted by atomic mass is 16.5. The Balaban J connectivity index is 2.17. The van der Waals surface area contributed by atoms with Gasteiger partial charge in [-0.3, -0.25) is 0 Å². The van der Waals surface area contributed by atoms with Gasteiger partial charge in [0.1, 0.15) is 5.56 Å². The Morgan fingerprint density at radius 3 is 2.65 bits per heavy atom. The maximum atomic E-state index is 12.0. The maximum absolute atomic E-state index is 12.0. The zero-order chi connectivity index (χ0) is 16.6. The van der Waals surface area contributed by atoms with Gasteiger partial charge >= 0.3 is 5.97 Å². The zero-order valence-electron chi connectivity index (χ0n) is 13.2. The second-order valence-corrected chi connectivity index (χ2v) is 5.15. The Morgan fingerprint density at radius 1 is 1.30 bits per heavy atom. The van der Waals surface area contributed by atoms with Crippen LogP contribution in [0.1, 0.15) is 28.7 Å². The number of fused-ring (bicyclic) bond motifs is 1. The van der Waals surface area contributed by atoms with Gasteiger partial charge in [-0.15, -0.1) is 0 Å². The number of hydrogen-bond donors (Lipinski definition) is 1. The lowest BCUT2D eigenvalue weighted by Gasteiger charge is -2.10. The minimum atomic E-state index is -0.387. The van der Waals surface area contributed by atoms with Crippen molar-refractivity contribution in [2.24, 2.45) is 0 Å². The number of ether oxygens (including phenoxy) is 1. The Bertz CT molecular complexity index is 878. The number of aryl methyl sites for hydroxylation is 2. The lowest BCUT2D eigenvalue weighted by Crippen LogP contribution is -2.04. The standard InChI is InChI=1S/C16H17N5O2/c1-4-23-15(22)12-8-18-21-6-5-11(7-13(12)21)14-9(2)19-16(17)20-10(14)3/h5-8H,4H2,1-3H3,(H2,17,19,20). The van der Waals surface area contributed by atoms with Crippen LogP contribution < -0.4 is 5.73 Å². The molecule has 0 aromatic carbocycles. The summed E-state index contributed by atoms with van der Waals surface area (Å²) in [5, 5.41) is 4.18. The van der Waals surface area contributed by atoms with Gasteiger partial charge in [0.05, 0.1) is 29.7 Å². The van der Waals surface area contributed by atoms with Crippen molar-refractivity contribution in [3.63, 3.8) is 0 Å². The van der Waals surface area contributed by atoms with Gasteiger partial charge in [-0.25, -0.2) is 19.3 Å². The van der Waals surface area contributed by atoms with Crippen LogP contribution in [0.4, 0.5) is 5.95 Å². The van der Waals surface area contributed by atoms with Crippen LogP contribution >= 0.6 is 0 Å². The molecule has 0 aliphatic carbocycles. The topological polar surface area (TPSA) is 95.4 Å². The average molecular weight is 311 g/mol. The average Bonchev–Trinajstić information content (AvgIpc) is 2.89. The van der Waals surface area contributed by atoms with E-state index >= 15 is 0 Å². The lowest BCUT2D eigenvalue weighted by molar-refractivity contribution is 0.0528. The van der Waals surface area contributed by atoms with Crippen molar-refractivity contribution in [1.29, 1.82) is 0 Å². The van der Waals surface area contributed by atoms with E-state index in [0.717, 1.165) is 22.5 Å². The van der Waals surface area contributed by atoms with Crippen LogP contribution in [-0.2, 0) is 4.74 Å². The quantitative estimate of drug-likeness (QED) is 0.745. The monoisotopic (exact) mass is 311 g/mol. The molecule has 0 amide bonds. The van der Waals surface area contributed by atoms with E-state index in [9.17, 15) is 4.79 Å². The second-order valence-electron chi connectivity index (χ2n) is 5.15. The van der Waals surface area contributed by atoms with E-state index in [1.165, 1.54) is 6.20 Å². The Labute approximate surface area is 133 Å². The van der Waals surface area contributed by atoms with Crippen molar-refractivity contribution in [2.45, 2.75) is 20.8 Å². The van der Waals surface area contributed by atoms with Gasteiger partial charge in [0, 0.05) is 11.8 Å². The number of rotatable bonds is 3. The first-order valence-electron chi connectivity index (χ1n) is 7.27. The molecule has 3 aromatic heterocycles. The third kappa shape index (κ3) is 2.61. The van der Waals surface area contributed by atoms with Crippen LogP contribution in [-0.4, -0.2) is 32.2 Å². The normalized spacial score (nSPS) is 10.9. The maximum Gasteiger partial charge on any atom is 0.341 e. The largest absolute Gasteiger partial charge is 0.462 e. The molecular weight excluding hydrogens is 294 g/mol. The van der Waals surface area contributed by atoms with Gasteiger partial charge in [0.2, 0.25) is 5.95 Å². The van der Waals surface area contributed by atoms with E-state index in [0.29, 0.717) is 17.7 Å². The van der Waals surface area contributed by atoms with Crippen molar-refractivity contribution in [3.05, 3.63) is 41.5 Å². The number of anilines is 1. The Kier molecular flexibility index (Phi) is 3.69. The van der Waals surface area contributed by atoms with Gasteiger partial charge in [-0.1, -0.05) is 0 Å². The number of pyridine rings is 1. The molecule has 7 nitrogen and oxygen atoms in total. The summed E-state index contributed by atoms with van der Waals surface area (Å²) in [5.74, 6) is -0.136. The fourth-order valence-electron chi connectivity index (χ4n) is 2.66. The van der Waals surface area contributed by atoms with E-state index in [1.807, 2.05) is 26.0 Å². The smallest absolute Gasteiger partial charge is 0.341 e. The van der Waals surface area contributed by atoms with Crippen molar-refractivity contribution < 1.29 is 9.53 Å². The van der Waals surface area contributed by atoms with E-state index < -0.39 is 0 Å². The molecule has 0 spiro atoms. The predicted molar refractivity (Wildman–Crippen MR) is 86.1 cm³/mol. The van der Waals surface area contributed by atoms with E-state index in [-0.39, 0.29) is 11.9 Å². The summed E-state index contributed by atoms with van der Waals surface area (Å²) >= 11 is 0. The van der Waals surface area contributed by atoms with Crippen molar-refractivity contribution in [2.75, 3.05) is 12.3 Å². The molecule has 0 saturated heterocycles. The first-order valence-corrected chi connectivity index (χ1v) is 7.27. The number of hydrogen-bond acceptors (Lipinski definition) is 6. The highest BCUT2D eigenvalue weighted by Gasteiger charge is 2.16. The summed E-state index contributed by atoms with van der Waals surface area (Å²) in [6, 6.07) is 3.79. The van der Waals surface area contributed by atoms with E-state index in [1.54, 1.807) is 17.6 Å². The highest BCUT2D eigenvalue weighted by Crippen LogP contribution is 2.27. The molecule has 0 fully saturated rings. The van der Waals surface area contributed by atoms with Crippen LogP contribution in [0.2, 0.25) is 0 Å². The molecule has 118 valence electrons. The summed E-state index contributed by atoms with van der Waals surface area (Å²) in [5.41, 5.74) is 10.2. The number of nitrogen functional groups attached to an aromatic ring is 1. The van der Waals surface area contributed by atoms with Gasteiger partial charge in [0.25, 0.3) is 0 Å². The molecule has 23 heavy (non-hydrogen) atoms. The van der Waals surface area contributed by atoms with Crippen LogP contribution in [0.5, 0.6) is 0 Å². The first kappa shape index (κ1) is 15.0. The molecule has 2 N–H and O–H groups in total. The Morgan fingerprint density at radius 2 is 2.00 bits per heavy atom. The Hall–Kier alpha value is -2.96. The highest BCUT2D eigenvalue weighted by molar-refractivity contribution is 5.97. The van der Waals surface area contributed by atoms with Crippen molar-refractivity contribution in [3.8, 4) is 11.1 Å². The second kappa shape index (κ2) is 5.68. The summed E-state index contributed by atoms with van der Waals surface area (Å²) in [7, 11) is 0. The molecule has 0 aliphatic heterocycles. The lowest BCUT2D eigenvalue weighted by atomic mass is 10.0.